The highest BCUT2D eigenvalue weighted by molar-refractivity contribution is 5.91. The lowest BCUT2D eigenvalue weighted by Gasteiger charge is -2.37. The largest absolute Gasteiger partial charge is 0.381 e. The molecule has 1 aliphatic heterocycles. The van der Waals surface area contributed by atoms with Crippen LogP contribution < -0.4 is 5.73 Å². The summed E-state index contributed by atoms with van der Waals surface area (Å²) in [7, 11) is 1.75. The van der Waals surface area contributed by atoms with Crippen molar-refractivity contribution >= 4 is 11.7 Å². The molecule has 0 bridgehead atoms. The van der Waals surface area contributed by atoms with Crippen molar-refractivity contribution < 1.29 is 14.1 Å². The fourth-order valence-electron chi connectivity index (χ4n) is 5.82. The van der Waals surface area contributed by atoms with Gasteiger partial charge in [0.1, 0.15) is 25.0 Å². The van der Waals surface area contributed by atoms with Gasteiger partial charge in [0.25, 0.3) is 0 Å². The van der Waals surface area contributed by atoms with Gasteiger partial charge in [-0.15, -0.1) is 0 Å². The third-order valence-corrected chi connectivity index (χ3v) is 7.35. The van der Waals surface area contributed by atoms with Gasteiger partial charge in [-0.25, -0.2) is 0 Å². The van der Waals surface area contributed by atoms with Gasteiger partial charge in [0.15, 0.2) is 0 Å². The Kier molecular flexibility index (Phi) is 6.42. The third-order valence-electron chi connectivity index (χ3n) is 7.35. The van der Waals surface area contributed by atoms with Crippen molar-refractivity contribution in [3.05, 3.63) is 71.8 Å². The zero-order valence-corrected chi connectivity index (χ0v) is 18.7. The van der Waals surface area contributed by atoms with Gasteiger partial charge < -0.3 is 10.5 Å². The van der Waals surface area contributed by atoms with Gasteiger partial charge in [-0.05, 0) is 36.3 Å². The van der Waals surface area contributed by atoms with Crippen molar-refractivity contribution in [2.24, 2.45) is 11.7 Å². The number of methoxy groups -OCH3 is 1. The lowest BCUT2D eigenvalue weighted by Crippen LogP contribution is -2.48. The Labute approximate surface area is 185 Å². The van der Waals surface area contributed by atoms with Crippen molar-refractivity contribution in [2.75, 3.05) is 33.4 Å². The molecule has 1 heterocycles. The molecule has 164 valence electrons. The number of carbonyl (C=O) groups excluding carboxylic acids is 1. The summed E-state index contributed by atoms with van der Waals surface area (Å²) in [4.78, 5) is 15.8. The Morgan fingerprint density at radius 3 is 2.26 bits per heavy atom. The summed E-state index contributed by atoms with van der Waals surface area (Å²) >= 11 is 0. The topological polar surface area (TPSA) is 58.6 Å². The van der Waals surface area contributed by atoms with Crippen LogP contribution in [0.3, 0.4) is 0 Å². The number of hydrogen-bond donors (Lipinski definition) is 1. The van der Waals surface area contributed by atoms with Crippen LogP contribution in [-0.4, -0.2) is 60.6 Å². The monoisotopic (exact) mass is 420 g/mol. The Morgan fingerprint density at radius 1 is 1.10 bits per heavy atom. The molecule has 4 rings (SSSR count). The number of amides is 1. The van der Waals surface area contributed by atoms with Gasteiger partial charge in [0.05, 0.1) is 12.6 Å². The second-order valence-corrected chi connectivity index (χ2v) is 8.79. The van der Waals surface area contributed by atoms with Crippen molar-refractivity contribution in [1.29, 1.82) is 0 Å². The second kappa shape index (κ2) is 9.23. The van der Waals surface area contributed by atoms with Crippen LogP contribution in [0.25, 0.3) is 0 Å². The number of carbonyl (C=O) groups is 1. The highest BCUT2D eigenvalue weighted by Gasteiger charge is 2.52. The van der Waals surface area contributed by atoms with Crippen LogP contribution in [0.4, 0.5) is 0 Å². The molecule has 31 heavy (non-hydrogen) atoms. The van der Waals surface area contributed by atoms with Crippen LogP contribution in [-0.2, 0) is 14.9 Å². The van der Waals surface area contributed by atoms with Gasteiger partial charge >= 0.3 is 0 Å². The fraction of sp³-hybridized carbons (Fsp3) is 0.462. The van der Waals surface area contributed by atoms with E-state index in [1.807, 2.05) is 36.4 Å². The standard InChI is InChI=1S/C26H33N3O2/c1-20-28(17-18-31-2)15-16-29(20)24-14-13-23(19-24)26(25(27)30,21-9-5-3-6-10-21)22-11-7-4-8-12-22/h3-12,23-24H,13-19H2,1-2H3,(H-,27,30)/p+1/t23-,24+/m1/s1. The maximum atomic E-state index is 13.3. The molecular formula is C26H34N3O2+. The van der Waals surface area contributed by atoms with Gasteiger partial charge in [-0.1, -0.05) is 60.7 Å². The average Bonchev–Trinajstić information content (AvgIpc) is 3.41. The number of nitrogens with zero attached hydrogens (tertiary/aromatic N) is 2. The minimum Gasteiger partial charge on any atom is -0.381 e. The first-order valence-electron chi connectivity index (χ1n) is 11.3. The predicted molar refractivity (Wildman–Crippen MR) is 123 cm³/mol. The molecule has 0 radical (unpaired) electrons. The van der Waals surface area contributed by atoms with Crippen LogP contribution in [0, 0.1) is 5.92 Å². The number of primary amides is 1. The third kappa shape index (κ3) is 3.87. The van der Waals surface area contributed by atoms with Gasteiger partial charge in [-0.2, -0.15) is 0 Å². The van der Waals surface area contributed by atoms with E-state index in [4.69, 9.17) is 10.5 Å². The normalized spacial score (nSPS) is 21.7. The van der Waals surface area contributed by atoms with Crippen molar-refractivity contribution in [2.45, 2.75) is 37.6 Å². The zero-order valence-electron chi connectivity index (χ0n) is 18.7. The zero-order chi connectivity index (χ0) is 21.8. The lowest BCUT2D eigenvalue weighted by atomic mass is 9.64. The number of hydrogen-bond acceptors (Lipinski definition) is 3. The smallest absolute Gasteiger partial charge is 0.244 e. The predicted octanol–water partition coefficient (Wildman–Crippen LogP) is 3.02. The van der Waals surface area contributed by atoms with Crippen molar-refractivity contribution in [3.63, 3.8) is 0 Å². The molecule has 1 saturated carbocycles. The molecule has 5 nitrogen and oxygen atoms in total. The van der Waals surface area contributed by atoms with E-state index in [9.17, 15) is 4.79 Å². The number of rotatable bonds is 8. The molecule has 1 amide bonds. The van der Waals surface area contributed by atoms with Crippen LogP contribution in [0.15, 0.2) is 60.7 Å². The average molecular weight is 421 g/mol. The molecule has 0 saturated heterocycles. The van der Waals surface area contributed by atoms with Gasteiger partial charge in [-0.3, -0.25) is 14.3 Å². The summed E-state index contributed by atoms with van der Waals surface area (Å²) in [5.41, 5.74) is 7.44. The number of amidine groups is 1. The Hall–Kier alpha value is -2.66. The summed E-state index contributed by atoms with van der Waals surface area (Å²) in [6, 6.07) is 20.7. The number of benzene rings is 2. The minimum atomic E-state index is -0.805. The molecule has 0 unspecified atom stereocenters. The van der Waals surface area contributed by atoms with Gasteiger partial charge in [0.2, 0.25) is 11.7 Å². The molecular weight excluding hydrogens is 386 g/mol. The Morgan fingerprint density at radius 2 is 1.71 bits per heavy atom. The molecule has 2 aromatic rings. The highest BCUT2D eigenvalue weighted by atomic mass is 16.5. The first-order chi connectivity index (χ1) is 15.1. The summed E-state index contributed by atoms with van der Waals surface area (Å²) in [5.74, 6) is 1.24. The lowest BCUT2D eigenvalue weighted by molar-refractivity contribution is -0.521. The van der Waals surface area contributed by atoms with E-state index in [1.54, 1.807) is 7.11 Å². The number of nitrogens with two attached hydrogens (primary N) is 1. The molecule has 2 atom stereocenters. The molecule has 1 aliphatic carbocycles. The van der Waals surface area contributed by atoms with E-state index in [0.717, 1.165) is 56.6 Å². The SMILES string of the molecule is COCC[N+]1=C(C)N([C@H]2CC[C@@H](C(C(N)=O)(c3ccccc3)c3ccccc3)C2)CC1. The van der Waals surface area contributed by atoms with E-state index < -0.39 is 5.41 Å². The Balaban J connectivity index is 1.67. The Bertz CT molecular complexity index is 887. The first kappa shape index (κ1) is 21.6. The molecule has 5 heteroatoms. The van der Waals surface area contributed by atoms with Crippen LogP contribution in [0.2, 0.25) is 0 Å². The molecule has 2 N–H and O–H groups in total. The minimum absolute atomic E-state index is 0.167. The molecule has 0 aromatic heterocycles. The molecule has 2 aromatic carbocycles. The van der Waals surface area contributed by atoms with Crippen LogP contribution in [0.5, 0.6) is 0 Å². The van der Waals surface area contributed by atoms with E-state index >= 15 is 0 Å². The van der Waals surface area contributed by atoms with E-state index in [1.165, 1.54) is 5.84 Å². The number of ether oxygens (including phenoxy) is 1. The maximum Gasteiger partial charge on any atom is 0.244 e. The van der Waals surface area contributed by atoms with E-state index in [-0.39, 0.29) is 11.8 Å². The van der Waals surface area contributed by atoms with Crippen molar-refractivity contribution in [1.82, 2.24) is 4.90 Å². The second-order valence-electron chi connectivity index (χ2n) is 8.79. The van der Waals surface area contributed by atoms with E-state index in [0.29, 0.717) is 6.04 Å². The summed E-state index contributed by atoms with van der Waals surface area (Å²) in [6.45, 7) is 5.95. The fourth-order valence-corrected chi connectivity index (χ4v) is 5.82. The van der Waals surface area contributed by atoms with Crippen LogP contribution >= 0.6 is 0 Å². The quantitative estimate of drug-likeness (QED) is 0.668. The first-order valence-corrected chi connectivity index (χ1v) is 11.3. The summed E-state index contributed by atoms with van der Waals surface area (Å²) in [6.07, 6.45) is 3.02. The van der Waals surface area contributed by atoms with Crippen LogP contribution in [0.1, 0.15) is 37.3 Å². The van der Waals surface area contributed by atoms with Gasteiger partial charge in [0, 0.05) is 14.0 Å². The maximum absolute atomic E-state index is 13.3. The highest BCUT2D eigenvalue weighted by Crippen LogP contribution is 2.48. The molecule has 0 spiro atoms. The molecule has 1 fully saturated rings. The summed E-state index contributed by atoms with van der Waals surface area (Å²) < 4.78 is 7.68. The summed E-state index contributed by atoms with van der Waals surface area (Å²) in [5, 5.41) is 0. The van der Waals surface area contributed by atoms with E-state index in [2.05, 4.69) is 40.7 Å². The molecule has 2 aliphatic rings. The van der Waals surface area contributed by atoms with Crippen molar-refractivity contribution in [3.8, 4) is 0 Å².